The molecular weight excluding hydrogens is 415 g/mol. The van der Waals surface area contributed by atoms with Gasteiger partial charge >= 0.3 is 0 Å². The van der Waals surface area contributed by atoms with E-state index in [0.29, 0.717) is 41.6 Å². The molecule has 0 radical (unpaired) electrons. The van der Waals surface area contributed by atoms with Gasteiger partial charge in [-0.25, -0.2) is 17.1 Å². The van der Waals surface area contributed by atoms with Crippen molar-refractivity contribution in [1.29, 1.82) is 0 Å². The maximum absolute atomic E-state index is 13.9. The average molecular weight is 437 g/mol. The fourth-order valence-electron chi connectivity index (χ4n) is 3.62. The van der Waals surface area contributed by atoms with Gasteiger partial charge in [0.15, 0.2) is 5.82 Å². The molecule has 3 heterocycles. The van der Waals surface area contributed by atoms with E-state index >= 15 is 0 Å². The van der Waals surface area contributed by atoms with Crippen molar-refractivity contribution < 1.29 is 12.8 Å². The molecule has 0 amide bonds. The number of nitrogens with zero attached hydrogens (tertiary/aromatic N) is 5. The third kappa shape index (κ3) is 4.16. The number of benzene rings is 1. The van der Waals surface area contributed by atoms with E-state index in [2.05, 4.69) is 15.3 Å². The van der Waals surface area contributed by atoms with Gasteiger partial charge in [-0.3, -0.25) is 14.3 Å². The molecule has 2 aromatic heterocycles. The van der Waals surface area contributed by atoms with Gasteiger partial charge in [0.2, 0.25) is 14.8 Å². The van der Waals surface area contributed by atoms with Gasteiger partial charge < -0.3 is 0 Å². The first-order valence-electron chi connectivity index (χ1n) is 9.22. The number of piperidine rings is 1. The van der Waals surface area contributed by atoms with E-state index in [4.69, 9.17) is 12.2 Å². The minimum Gasteiger partial charge on any atom is -0.266 e. The summed E-state index contributed by atoms with van der Waals surface area (Å²) in [7, 11) is -3.27. The van der Waals surface area contributed by atoms with Gasteiger partial charge in [-0.2, -0.15) is 10.2 Å². The standard InChI is InChI=1S/C18H21FN6O2S2/c1-29(26,27)24-9-4-6-14(12-24)17-20-21-18(28)25(17)16-8-10-23(22-16)11-13-5-2-3-7-15(13)19/h2-3,5,7-8,10,14H,4,6,9,11-12H2,1H3,(H,21,28). The maximum Gasteiger partial charge on any atom is 0.211 e. The number of hydrogen-bond donors (Lipinski definition) is 1. The van der Waals surface area contributed by atoms with E-state index in [9.17, 15) is 12.8 Å². The summed E-state index contributed by atoms with van der Waals surface area (Å²) in [6.07, 6.45) is 4.53. The molecule has 1 aromatic carbocycles. The van der Waals surface area contributed by atoms with Crippen LogP contribution in [0.15, 0.2) is 36.5 Å². The largest absolute Gasteiger partial charge is 0.266 e. The normalized spacial score (nSPS) is 18.2. The fraction of sp³-hybridized carbons (Fsp3) is 0.389. The molecule has 4 rings (SSSR count). The Morgan fingerprint density at radius 3 is 2.86 bits per heavy atom. The van der Waals surface area contributed by atoms with Crippen molar-refractivity contribution in [2.24, 2.45) is 0 Å². The van der Waals surface area contributed by atoms with Crippen molar-refractivity contribution in [2.75, 3.05) is 19.3 Å². The van der Waals surface area contributed by atoms with E-state index in [1.807, 2.05) is 0 Å². The molecule has 154 valence electrons. The maximum atomic E-state index is 13.9. The second kappa shape index (κ2) is 7.81. The lowest BCUT2D eigenvalue weighted by Crippen LogP contribution is -2.39. The van der Waals surface area contributed by atoms with E-state index in [-0.39, 0.29) is 11.7 Å². The van der Waals surface area contributed by atoms with Gasteiger partial charge in [-0.05, 0) is 31.1 Å². The Kier molecular flexibility index (Phi) is 5.36. The number of H-pyrrole nitrogens is 1. The second-order valence-corrected chi connectivity index (χ2v) is 9.51. The third-order valence-electron chi connectivity index (χ3n) is 5.06. The van der Waals surface area contributed by atoms with E-state index in [1.165, 1.54) is 16.6 Å². The number of sulfonamides is 1. The molecule has 1 saturated heterocycles. The third-order valence-corrected chi connectivity index (χ3v) is 6.61. The zero-order valence-electron chi connectivity index (χ0n) is 15.8. The smallest absolute Gasteiger partial charge is 0.211 e. The Labute approximate surface area is 173 Å². The fourth-order valence-corrected chi connectivity index (χ4v) is 4.76. The number of aromatic amines is 1. The van der Waals surface area contributed by atoms with E-state index in [0.717, 1.165) is 12.8 Å². The van der Waals surface area contributed by atoms with Crippen molar-refractivity contribution in [3.05, 3.63) is 58.5 Å². The minimum atomic E-state index is -3.27. The van der Waals surface area contributed by atoms with Crippen molar-refractivity contribution in [2.45, 2.75) is 25.3 Å². The molecule has 1 unspecified atom stereocenters. The summed E-state index contributed by atoms with van der Waals surface area (Å²) in [5, 5.41) is 11.7. The molecule has 1 aliphatic rings. The Morgan fingerprint density at radius 2 is 2.10 bits per heavy atom. The average Bonchev–Trinajstić information content (AvgIpc) is 3.29. The van der Waals surface area contributed by atoms with Crippen LogP contribution in [0.5, 0.6) is 0 Å². The number of nitrogens with one attached hydrogen (secondary N) is 1. The van der Waals surface area contributed by atoms with Crippen LogP contribution in [0, 0.1) is 10.6 Å². The van der Waals surface area contributed by atoms with Gasteiger partial charge in [-0.1, -0.05) is 18.2 Å². The number of hydrogen-bond acceptors (Lipinski definition) is 5. The van der Waals surface area contributed by atoms with Crippen LogP contribution in [0.2, 0.25) is 0 Å². The van der Waals surface area contributed by atoms with Gasteiger partial charge in [0.05, 0.1) is 12.8 Å². The van der Waals surface area contributed by atoms with Crippen molar-refractivity contribution >= 4 is 22.2 Å². The summed E-state index contributed by atoms with van der Waals surface area (Å²) in [5.74, 6) is 0.836. The second-order valence-electron chi connectivity index (χ2n) is 7.15. The molecule has 1 aliphatic heterocycles. The summed E-state index contributed by atoms with van der Waals surface area (Å²) in [5.41, 5.74) is 0.536. The highest BCUT2D eigenvalue weighted by Gasteiger charge is 2.30. The summed E-state index contributed by atoms with van der Waals surface area (Å²) < 4.78 is 43.0. The van der Waals surface area contributed by atoms with E-state index in [1.54, 1.807) is 39.7 Å². The van der Waals surface area contributed by atoms with Crippen LogP contribution in [0.3, 0.4) is 0 Å². The number of rotatable bonds is 5. The summed E-state index contributed by atoms with van der Waals surface area (Å²) in [6, 6.07) is 8.35. The molecule has 1 N–H and O–H groups in total. The van der Waals surface area contributed by atoms with Crippen LogP contribution in [0.25, 0.3) is 5.82 Å². The Balaban J connectivity index is 1.62. The summed E-state index contributed by atoms with van der Waals surface area (Å²) in [6.45, 7) is 1.16. The number of aromatic nitrogens is 5. The van der Waals surface area contributed by atoms with Crippen LogP contribution in [-0.2, 0) is 16.6 Å². The first kappa shape index (κ1) is 19.9. The lowest BCUT2D eigenvalue weighted by atomic mass is 9.99. The number of halogens is 1. The summed E-state index contributed by atoms with van der Waals surface area (Å²) >= 11 is 5.39. The lowest BCUT2D eigenvalue weighted by molar-refractivity contribution is 0.309. The van der Waals surface area contributed by atoms with Gasteiger partial charge in [0.25, 0.3) is 0 Å². The molecule has 29 heavy (non-hydrogen) atoms. The Morgan fingerprint density at radius 1 is 1.31 bits per heavy atom. The van der Waals surface area contributed by atoms with Crippen molar-refractivity contribution in [3.63, 3.8) is 0 Å². The Hall–Kier alpha value is -2.37. The Bertz CT molecular complexity index is 1180. The molecular formula is C18H21FN6O2S2. The molecule has 3 aromatic rings. The van der Waals surface area contributed by atoms with Crippen LogP contribution < -0.4 is 0 Å². The first-order chi connectivity index (χ1) is 13.8. The highest BCUT2D eigenvalue weighted by molar-refractivity contribution is 7.88. The van der Waals surface area contributed by atoms with Crippen molar-refractivity contribution in [1.82, 2.24) is 28.9 Å². The molecule has 0 bridgehead atoms. The molecule has 11 heteroatoms. The monoisotopic (exact) mass is 436 g/mol. The predicted octanol–water partition coefficient (Wildman–Crippen LogP) is 2.45. The molecule has 8 nitrogen and oxygen atoms in total. The highest BCUT2D eigenvalue weighted by atomic mass is 32.2. The molecule has 1 fully saturated rings. The van der Waals surface area contributed by atoms with Gasteiger partial charge in [0.1, 0.15) is 11.6 Å². The van der Waals surface area contributed by atoms with Gasteiger partial charge in [0, 0.05) is 36.8 Å². The lowest BCUT2D eigenvalue weighted by Gasteiger charge is -2.30. The van der Waals surface area contributed by atoms with Crippen LogP contribution in [-0.4, -0.2) is 56.6 Å². The van der Waals surface area contributed by atoms with Crippen LogP contribution in [0.4, 0.5) is 4.39 Å². The zero-order valence-corrected chi connectivity index (χ0v) is 17.5. The highest BCUT2D eigenvalue weighted by Crippen LogP contribution is 2.28. The predicted molar refractivity (Wildman–Crippen MR) is 108 cm³/mol. The van der Waals surface area contributed by atoms with Crippen molar-refractivity contribution in [3.8, 4) is 5.82 Å². The molecule has 0 spiro atoms. The van der Waals surface area contributed by atoms with E-state index < -0.39 is 10.0 Å². The molecule has 0 aliphatic carbocycles. The topological polar surface area (TPSA) is 88.8 Å². The quantitative estimate of drug-likeness (QED) is 0.621. The molecule has 0 saturated carbocycles. The SMILES string of the molecule is CS(=O)(=O)N1CCCC(c2n[nH]c(=S)n2-c2ccn(Cc3ccccc3F)n2)C1. The van der Waals surface area contributed by atoms with Gasteiger partial charge in [-0.15, -0.1) is 0 Å². The van der Waals surface area contributed by atoms with Crippen LogP contribution >= 0.6 is 12.2 Å². The summed E-state index contributed by atoms with van der Waals surface area (Å²) in [4.78, 5) is 0. The first-order valence-corrected chi connectivity index (χ1v) is 11.5. The zero-order chi connectivity index (χ0) is 20.6. The molecule has 1 atom stereocenters. The van der Waals surface area contributed by atoms with Crippen LogP contribution in [0.1, 0.15) is 30.1 Å². The minimum absolute atomic E-state index is 0.0943.